The summed E-state index contributed by atoms with van der Waals surface area (Å²) in [6.07, 6.45) is 9.23. The smallest absolute Gasteiger partial charge is 0.0348 e. The highest BCUT2D eigenvalue weighted by molar-refractivity contribution is 7.98. The number of hydrogen-bond acceptors (Lipinski definition) is 2. The lowest BCUT2D eigenvalue weighted by Gasteiger charge is -2.31. The summed E-state index contributed by atoms with van der Waals surface area (Å²) >= 11 is 1.92. The molecule has 1 atom stereocenters. The first-order chi connectivity index (χ1) is 8.92. The molecular weight excluding hydrogens is 238 g/mol. The molecule has 2 heteroatoms. The third-order valence-electron chi connectivity index (χ3n) is 3.95. The van der Waals surface area contributed by atoms with E-state index in [0.29, 0.717) is 6.04 Å². The van der Waals surface area contributed by atoms with Gasteiger partial charge in [0.2, 0.25) is 0 Å². The van der Waals surface area contributed by atoms with E-state index in [0.717, 1.165) is 12.5 Å². The fourth-order valence-corrected chi connectivity index (χ4v) is 3.32. The maximum absolute atomic E-state index is 3.79. The van der Waals surface area contributed by atoms with E-state index in [1.54, 1.807) is 0 Å². The number of benzene rings is 1. The second-order valence-electron chi connectivity index (χ2n) is 5.23. The summed E-state index contributed by atoms with van der Waals surface area (Å²) in [6, 6.07) is 11.6. The molecule has 0 heterocycles. The molecule has 0 aromatic heterocycles. The predicted molar refractivity (Wildman–Crippen MR) is 82.1 cm³/mol. The highest BCUT2D eigenvalue weighted by atomic mass is 32.2. The van der Waals surface area contributed by atoms with Crippen LogP contribution in [-0.4, -0.2) is 18.6 Å². The monoisotopic (exact) mass is 263 g/mol. The molecule has 0 amide bonds. The zero-order valence-electron chi connectivity index (χ0n) is 11.4. The van der Waals surface area contributed by atoms with Gasteiger partial charge in [-0.25, -0.2) is 0 Å². The minimum absolute atomic E-state index is 0.568. The van der Waals surface area contributed by atoms with E-state index in [1.807, 2.05) is 11.8 Å². The van der Waals surface area contributed by atoms with Crippen molar-refractivity contribution in [3.8, 4) is 0 Å². The van der Waals surface area contributed by atoms with Gasteiger partial charge < -0.3 is 5.32 Å². The Morgan fingerprint density at radius 3 is 2.56 bits per heavy atom. The first-order valence-corrected chi connectivity index (χ1v) is 8.58. The van der Waals surface area contributed by atoms with Crippen LogP contribution in [0.15, 0.2) is 30.3 Å². The van der Waals surface area contributed by atoms with Crippen LogP contribution in [0.3, 0.4) is 0 Å². The molecule has 1 unspecified atom stereocenters. The van der Waals surface area contributed by atoms with Crippen LogP contribution in [0.25, 0.3) is 0 Å². The van der Waals surface area contributed by atoms with Crippen molar-refractivity contribution in [1.29, 1.82) is 0 Å². The van der Waals surface area contributed by atoms with E-state index in [1.165, 1.54) is 43.4 Å². The van der Waals surface area contributed by atoms with Crippen LogP contribution in [0.5, 0.6) is 0 Å². The van der Waals surface area contributed by atoms with Crippen molar-refractivity contribution < 1.29 is 0 Å². The Bertz CT molecular complexity index is 319. The number of thioether (sulfide) groups is 1. The highest BCUT2D eigenvalue weighted by Crippen LogP contribution is 2.34. The number of rotatable bonds is 6. The van der Waals surface area contributed by atoms with Crippen molar-refractivity contribution in [1.82, 2.24) is 5.32 Å². The SMILES string of the molecule is CSCCNC(c1ccccc1)C1CCCCC1. The van der Waals surface area contributed by atoms with Crippen LogP contribution in [0, 0.1) is 5.92 Å². The molecule has 1 aliphatic carbocycles. The molecule has 1 nitrogen and oxygen atoms in total. The Morgan fingerprint density at radius 1 is 1.17 bits per heavy atom. The van der Waals surface area contributed by atoms with Gasteiger partial charge in [0, 0.05) is 18.3 Å². The average Bonchev–Trinajstić information content (AvgIpc) is 2.46. The number of hydrogen-bond donors (Lipinski definition) is 1. The molecule has 0 bridgehead atoms. The fraction of sp³-hybridized carbons (Fsp3) is 0.625. The molecule has 1 aliphatic rings. The minimum Gasteiger partial charge on any atom is -0.309 e. The van der Waals surface area contributed by atoms with Crippen molar-refractivity contribution in [2.45, 2.75) is 38.1 Å². The third-order valence-corrected chi connectivity index (χ3v) is 4.56. The van der Waals surface area contributed by atoms with Gasteiger partial charge in [0.05, 0.1) is 0 Å². The largest absolute Gasteiger partial charge is 0.309 e. The first-order valence-electron chi connectivity index (χ1n) is 7.19. The number of nitrogens with one attached hydrogen (secondary N) is 1. The van der Waals surface area contributed by atoms with Crippen molar-refractivity contribution in [2.75, 3.05) is 18.6 Å². The van der Waals surface area contributed by atoms with E-state index < -0.39 is 0 Å². The zero-order chi connectivity index (χ0) is 12.6. The highest BCUT2D eigenvalue weighted by Gasteiger charge is 2.24. The molecule has 100 valence electrons. The lowest BCUT2D eigenvalue weighted by molar-refractivity contribution is 0.275. The van der Waals surface area contributed by atoms with Crippen LogP contribution in [-0.2, 0) is 0 Å². The zero-order valence-corrected chi connectivity index (χ0v) is 12.2. The Balaban J connectivity index is 2.01. The summed E-state index contributed by atoms with van der Waals surface area (Å²) < 4.78 is 0. The first kappa shape index (κ1) is 14.0. The molecule has 1 aromatic carbocycles. The topological polar surface area (TPSA) is 12.0 Å². The predicted octanol–water partition coefficient (Wildman–Crippen LogP) is 4.26. The lowest BCUT2D eigenvalue weighted by Crippen LogP contribution is -2.31. The third kappa shape index (κ3) is 4.03. The molecule has 1 fully saturated rings. The second kappa shape index (κ2) is 7.85. The van der Waals surface area contributed by atoms with Crippen molar-refractivity contribution in [3.63, 3.8) is 0 Å². The summed E-state index contributed by atoms with van der Waals surface area (Å²) in [6.45, 7) is 1.12. The summed E-state index contributed by atoms with van der Waals surface area (Å²) in [5.41, 5.74) is 1.48. The molecular formula is C16H25NS. The minimum atomic E-state index is 0.568. The Kier molecular flexibility index (Phi) is 6.09. The molecule has 1 saturated carbocycles. The summed E-state index contributed by atoms with van der Waals surface area (Å²) in [7, 11) is 0. The fourth-order valence-electron chi connectivity index (χ4n) is 3.00. The maximum atomic E-state index is 3.79. The molecule has 18 heavy (non-hydrogen) atoms. The van der Waals surface area contributed by atoms with Gasteiger partial charge in [-0.05, 0) is 30.6 Å². The van der Waals surface area contributed by atoms with Gasteiger partial charge >= 0.3 is 0 Å². The van der Waals surface area contributed by atoms with E-state index in [9.17, 15) is 0 Å². The molecule has 0 radical (unpaired) electrons. The van der Waals surface area contributed by atoms with Crippen LogP contribution >= 0.6 is 11.8 Å². The van der Waals surface area contributed by atoms with E-state index in [2.05, 4.69) is 41.9 Å². The normalized spacial score (nSPS) is 18.7. The second-order valence-corrected chi connectivity index (χ2v) is 6.22. The van der Waals surface area contributed by atoms with Gasteiger partial charge in [-0.1, -0.05) is 49.6 Å². The Morgan fingerprint density at radius 2 is 1.89 bits per heavy atom. The molecule has 2 rings (SSSR count). The van der Waals surface area contributed by atoms with Gasteiger partial charge in [0.1, 0.15) is 0 Å². The lowest BCUT2D eigenvalue weighted by atomic mass is 9.81. The van der Waals surface area contributed by atoms with Crippen LogP contribution < -0.4 is 5.32 Å². The summed E-state index contributed by atoms with van der Waals surface area (Å²) in [5, 5.41) is 3.79. The van der Waals surface area contributed by atoms with Gasteiger partial charge in [0.25, 0.3) is 0 Å². The molecule has 1 aromatic rings. The van der Waals surface area contributed by atoms with Gasteiger partial charge in [-0.3, -0.25) is 0 Å². The van der Waals surface area contributed by atoms with E-state index in [-0.39, 0.29) is 0 Å². The summed E-state index contributed by atoms with van der Waals surface area (Å²) in [4.78, 5) is 0. The quantitative estimate of drug-likeness (QED) is 0.770. The van der Waals surface area contributed by atoms with E-state index in [4.69, 9.17) is 0 Å². The Labute approximate surface area is 116 Å². The molecule has 1 N–H and O–H groups in total. The molecule has 0 spiro atoms. The maximum Gasteiger partial charge on any atom is 0.0348 e. The Hall–Kier alpha value is -0.470. The standard InChI is InChI=1S/C16H25NS/c1-18-13-12-17-16(14-8-4-2-5-9-14)15-10-6-3-7-11-15/h2,4-5,8-9,15-17H,3,6-7,10-13H2,1H3. The molecule has 0 aliphatic heterocycles. The van der Waals surface area contributed by atoms with Crippen LogP contribution in [0.2, 0.25) is 0 Å². The van der Waals surface area contributed by atoms with Gasteiger partial charge in [-0.15, -0.1) is 0 Å². The van der Waals surface area contributed by atoms with Crippen LogP contribution in [0.1, 0.15) is 43.7 Å². The average molecular weight is 263 g/mol. The van der Waals surface area contributed by atoms with Gasteiger partial charge in [-0.2, -0.15) is 11.8 Å². The summed E-state index contributed by atoms with van der Waals surface area (Å²) in [5.74, 6) is 2.04. The van der Waals surface area contributed by atoms with Crippen LogP contribution in [0.4, 0.5) is 0 Å². The van der Waals surface area contributed by atoms with Crippen molar-refractivity contribution >= 4 is 11.8 Å². The van der Waals surface area contributed by atoms with Crippen molar-refractivity contribution in [2.24, 2.45) is 5.92 Å². The van der Waals surface area contributed by atoms with E-state index >= 15 is 0 Å². The van der Waals surface area contributed by atoms with Crippen molar-refractivity contribution in [3.05, 3.63) is 35.9 Å². The molecule has 0 saturated heterocycles. The van der Waals surface area contributed by atoms with Gasteiger partial charge in [0.15, 0.2) is 0 Å².